The normalized spacial score (nSPS) is 21.0. The van der Waals surface area contributed by atoms with Gasteiger partial charge in [0.15, 0.2) is 11.9 Å². The summed E-state index contributed by atoms with van der Waals surface area (Å²) in [4.78, 5) is 19.8. The van der Waals surface area contributed by atoms with E-state index in [4.69, 9.17) is 17.3 Å². The molecule has 2 N–H and O–H groups in total. The number of nitrogens with zero attached hydrogens (tertiary/aromatic N) is 2. The summed E-state index contributed by atoms with van der Waals surface area (Å²) in [5, 5.41) is -0.338. The van der Waals surface area contributed by atoms with Gasteiger partial charge in [-0.1, -0.05) is 17.7 Å². The third kappa shape index (κ3) is 5.21. The Balaban J connectivity index is 1.95. The molecule has 0 unspecified atom stereocenters. The first-order valence-corrected chi connectivity index (χ1v) is 9.64. The van der Waals surface area contributed by atoms with Gasteiger partial charge in [0.1, 0.15) is 23.7 Å². The van der Waals surface area contributed by atoms with Crippen LogP contribution in [0.2, 0.25) is 5.02 Å². The lowest BCUT2D eigenvalue weighted by Crippen LogP contribution is -2.48. The number of hydrogen-bond donors (Lipinski definition) is 1. The number of ether oxygens (including phenoxy) is 1. The van der Waals surface area contributed by atoms with Crippen LogP contribution in [-0.2, 0) is 16.7 Å². The first-order valence-electron chi connectivity index (χ1n) is 9.26. The highest BCUT2D eigenvalue weighted by Gasteiger charge is 2.52. The van der Waals surface area contributed by atoms with Gasteiger partial charge in [-0.2, -0.15) is 13.2 Å². The summed E-state index contributed by atoms with van der Waals surface area (Å²) < 4.78 is 98.2. The lowest BCUT2D eigenvalue weighted by Gasteiger charge is -2.36. The van der Waals surface area contributed by atoms with Gasteiger partial charge in [0.2, 0.25) is 0 Å². The molecule has 1 aromatic carbocycles. The van der Waals surface area contributed by atoms with E-state index in [0.29, 0.717) is 0 Å². The molecule has 0 aliphatic carbocycles. The Hall–Kier alpha value is -2.89. The van der Waals surface area contributed by atoms with Gasteiger partial charge in [-0.15, -0.1) is 0 Å². The average Bonchev–Trinajstić information content (AvgIpc) is 2.73. The van der Waals surface area contributed by atoms with Gasteiger partial charge >= 0.3 is 6.18 Å². The van der Waals surface area contributed by atoms with Crippen LogP contribution in [0.5, 0.6) is 0 Å². The summed E-state index contributed by atoms with van der Waals surface area (Å²) in [5.74, 6) is -1.81. The maximum atomic E-state index is 14.6. The van der Waals surface area contributed by atoms with Gasteiger partial charge in [0, 0.05) is 30.2 Å². The van der Waals surface area contributed by atoms with Crippen LogP contribution in [0, 0.1) is 5.82 Å². The van der Waals surface area contributed by atoms with E-state index in [9.17, 15) is 35.5 Å². The Morgan fingerprint density at radius 2 is 2.00 bits per heavy atom. The maximum absolute atomic E-state index is 14.6. The van der Waals surface area contributed by atoms with Crippen molar-refractivity contribution in [1.82, 2.24) is 4.98 Å². The predicted molar refractivity (Wildman–Crippen MR) is 103 cm³/mol. The van der Waals surface area contributed by atoms with E-state index in [-0.39, 0.29) is 16.3 Å². The Morgan fingerprint density at radius 1 is 1.30 bits per heavy atom. The van der Waals surface area contributed by atoms with Crippen molar-refractivity contribution < 1.29 is 40.3 Å². The number of ketones is 1. The molecule has 178 valence electrons. The minimum atomic E-state index is -4.92. The van der Waals surface area contributed by atoms with E-state index in [1.165, 1.54) is 0 Å². The van der Waals surface area contributed by atoms with Gasteiger partial charge in [0.25, 0.3) is 12.4 Å². The molecule has 1 aliphatic rings. The van der Waals surface area contributed by atoms with Gasteiger partial charge < -0.3 is 10.5 Å². The number of carbonyl (C=O) groups excluding carboxylic acids is 1. The highest BCUT2D eigenvalue weighted by Crippen LogP contribution is 2.41. The van der Waals surface area contributed by atoms with Crippen molar-refractivity contribution in [3.63, 3.8) is 0 Å². The van der Waals surface area contributed by atoms with Gasteiger partial charge in [0.05, 0.1) is 5.02 Å². The lowest BCUT2D eigenvalue weighted by atomic mass is 9.83. The molecule has 2 heterocycles. The first kappa shape index (κ1) is 24.7. The predicted octanol–water partition coefficient (Wildman–Crippen LogP) is 5.07. The van der Waals surface area contributed by atoms with E-state index in [0.717, 1.165) is 30.5 Å². The molecule has 33 heavy (non-hydrogen) atoms. The molecule has 0 fully saturated rings. The molecule has 3 rings (SSSR count). The fraction of sp³-hybridized carbons (Fsp3) is 0.350. The lowest BCUT2D eigenvalue weighted by molar-refractivity contribution is -0.209. The van der Waals surface area contributed by atoms with Crippen molar-refractivity contribution in [2.45, 2.75) is 37.1 Å². The summed E-state index contributed by atoms with van der Waals surface area (Å²) >= 11 is 5.85. The van der Waals surface area contributed by atoms with Crippen molar-refractivity contribution in [2.75, 3.05) is 6.67 Å². The third-order valence-corrected chi connectivity index (χ3v) is 5.26. The van der Waals surface area contributed by atoms with Crippen LogP contribution >= 0.6 is 11.6 Å². The first-order chi connectivity index (χ1) is 15.4. The molecule has 0 saturated carbocycles. The number of pyridine rings is 1. The molecule has 2 aromatic rings. The number of halogens is 8. The highest BCUT2D eigenvalue weighted by atomic mass is 35.5. The SMILES string of the molecule is NC1=N[C@](CF)(c2cc(CC(=O)c3ncc(C(F)F)cc3Cl)ccc2F)C[C@@H](C(F)(F)F)O1. The maximum Gasteiger partial charge on any atom is 0.425 e. The van der Waals surface area contributed by atoms with E-state index in [2.05, 4.69) is 14.7 Å². The zero-order chi connectivity index (χ0) is 24.6. The monoisotopic (exact) mass is 497 g/mol. The highest BCUT2D eigenvalue weighted by molar-refractivity contribution is 6.33. The fourth-order valence-electron chi connectivity index (χ4n) is 3.37. The van der Waals surface area contributed by atoms with Crippen molar-refractivity contribution in [3.05, 3.63) is 63.7 Å². The van der Waals surface area contributed by atoms with Crippen LogP contribution < -0.4 is 5.73 Å². The van der Waals surface area contributed by atoms with Crippen molar-refractivity contribution in [2.24, 2.45) is 10.7 Å². The number of aromatic nitrogens is 1. The van der Waals surface area contributed by atoms with E-state index < -0.39 is 72.5 Å². The Morgan fingerprint density at radius 3 is 2.58 bits per heavy atom. The summed E-state index contributed by atoms with van der Waals surface area (Å²) in [5.41, 5.74) is 1.66. The average molecular weight is 498 g/mol. The molecule has 2 atom stereocenters. The molecule has 0 amide bonds. The second-order valence-electron chi connectivity index (χ2n) is 7.28. The fourth-order valence-corrected chi connectivity index (χ4v) is 3.65. The second kappa shape index (κ2) is 9.16. The molecule has 0 saturated heterocycles. The minimum Gasteiger partial charge on any atom is -0.452 e. The van der Waals surface area contributed by atoms with Crippen molar-refractivity contribution >= 4 is 23.4 Å². The van der Waals surface area contributed by atoms with Crippen LogP contribution in [-0.4, -0.2) is 35.7 Å². The zero-order valence-corrected chi connectivity index (χ0v) is 17.2. The van der Waals surface area contributed by atoms with Crippen LogP contribution in [0.4, 0.5) is 30.7 Å². The number of aliphatic imine (C=N–C) groups is 1. The molecule has 1 aliphatic heterocycles. The van der Waals surface area contributed by atoms with Crippen LogP contribution in [0.3, 0.4) is 0 Å². The Labute approximate surface area is 187 Å². The number of alkyl halides is 6. The quantitative estimate of drug-likeness (QED) is 0.447. The molecule has 1 aromatic heterocycles. The van der Waals surface area contributed by atoms with Crippen molar-refractivity contribution in [1.29, 1.82) is 0 Å². The molecular weight excluding hydrogens is 483 g/mol. The van der Waals surface area contributed by atoms with Crippen LogP contribution in [0.15, 0.2) is 35.5 Å². The number of Topliss-reactive ketones (excluding diaryl/α,β-unsaturated/α-hetero) is 1. The molecule has 0 spiro atoms. The minimum absolute atomic E-state index is 0.0730. The van der Waals surface area contributed by atoms with E-state index >= 15 is 0 Å². The number of nitrogens with two attached hydrogens (primary N) is 1. The molecule has 0 radical (unpaired) electrons. The number of amidine groups is 1. The number of hydrogen-bond acceptors (Lipinski definition) is 5. The second-order valence-corrected chi connectivity index (χ2v) is 7.69. The molecule has 13 heteroatoms. The summed E-state index contributed by atoms with van der Waals surface area (Å²) in [6.07, 6.45) is -11.1. The van der Waals surface area contributed by atoms with Crippen LogP contribution in [0.25, 0.3) is 0 Å². The van der Waals surface area contributed by atoms with Gasteiger partial charge in [-0.25, -0.2) is 22.6 Å². The van der Waals surface area contributed by atoms with Crippen molar-refractivity contribution in [3.8, 4) is 0 Å². The standard InChI is InChI=1S/C20H15ClF7N3O2/c21-12-5-10(17(24)25)7-30-16(12)14(32)4-9-1-2-13(23)11(3-9)19(8-22)6-15(20(26,27)28)33-18(29)31-19/h1-3,5,7,15,17H,4,6,8H2,(H2,29,31)/t15-,19+/m0/s1. The Bertz CT molecular complexity index is 1090. The largest absolute Gasteiger partial charge is 0.452 e. The molecular formula is C20H15ClF7N3O2. The van der Waals surface area contributed by atoms with Gasteiger partial charge in [-0.3, -0.25) is 9.78 Å². The van der Waals surface area contributed by atoms with Gasteiger partial charge in [-0.05, 0) is 23.8 Å². The number of carbonyl (C=O) groups is 1. The topological polar surface area (TPSA) is 77.6 Å². The molecule has 0 bridgehead atoms. The van der Waals surface area contributed by atoms with E-state index in [1.54, 1.807) is 0 Å². The number of rotatable bonds is 6. The van der Waals surface area contributed by atoms with E-state index in [1.807, 2.05) is 0 Å². The smallest absolute Gasteiger partial charge is 0.425 e. The summed E-state index contributed by atoms with van der Waals surface area (Å²) in [6, 6.07) is 2.89. The molecule has 5 nitrogen and oxygen atoms in total. The summed E-state index contributed by atoms with van der Waals surface area (Å²) in [7, 11) is 0. The zero-order valence-electron chi connectivity index (χ0n) is 16.5. The summed E-state index contributed by atoms with van der Waals surface area (Å²) in [6.45, 7) is -1.53. The number of benzene rings is 1. The third-order valence-electron chi connectivity index (χ3n) is 4.97. The van der Waals surface area contributed by atoms with Crippen LogP contribution in [0.1, 0.15) is 40.0 Å². The Kier molecular flexibility index (Phi) is 6.87.